The lowest BCUT2D eigenvalue weighted by atomic mass is 10.3. The number of rotatable bonds is 6. The molecule has 2 aromatic rings. The van der Waals surface area contributed by atoms with E-state index in [-0.39, 0.29) is 11.9 Å². The number of carbonyl (C=O) groups excluding carboxylic acids is 1. The fourth-order valence-electron chi connectivity index (χ4n) is 2.03. The number of nitrogens with zero attached hydrogens (tertiary/aromatic N) is 4. The lowest BCUT2D eigenvalue weighted by Crippen LogP contribution is -2.29. The van der Waals surface area contributed by atoms with Crippen molar-refractivity contribution < 1.29 is 9.53 Å². The zero-order valence-corrected chi connectivity index (χ0v) is 13.4. The predicted molar refractivity (Wildman–Crippen MR) is 79.4 cm³/mol. The van der Waals surface area contributed by atoms with Crippen molar-refractivity contribution in [3.8, 4) is 0 Å². The zero-order chi connectivity index (χ0) is 15.4. The Morgan fingerprint density at radius 3 is 2.90 bits per heavy atom. The number of nitrogens with one attached hydrogen (secondary N) is 1. The summed E-state index contributed by atoms with van der Waals surface area (Å²) in [6.45, 7) is 6.83. The van der Waals surface area contributed by atoms with E-state index in [4.69, 9.17) is 4.74 Å². The van der Waals surface area contributed by atoms with E-state index in [1.807, 2.05) is 25.3 Å². The Labute approximate surface area is 127 Å². The van der Waals surface area contributed by atoms with Crippen molar-refractivity contribution in [3.63, 3.8) is 0 Å². The number of amides is 1. The Balaban J connectivity index is 2.07. The molecule has 0 aliphatic heterocycles. The average Bonchev–Trinajstić information content (AvgIpc) is 3.02. The summed E-state index contributed by atoms with van der Waals surface area (Å²) in [5, 5.41) is 11.8. The molecule has 0 radical (unpaired) electrons. The van der Waals surface area contributed by atoms with Crippen molar-refractivity contribution in [2.45, 2.75) is 33.4 Å². The van der Waals surface area contributed by atoms with Crippen molar-refractivity contribution in [2.75, 3.05) is 13.7 Å². The van der Waals surface area contributed by atoms with E-state index in [9.17, 15) is 4.79 Å². The van der Waals surface area contributed by atoms with Crippen LogP contribution in [-0.2, 0) is 11.3 Å². The van der Waals surface area contributed by atoms with Gasteiger partial charge in [-0.05, 0) is 20.8 Å². The monoisotopic (exact) mass is 309 g/mol. The molecular formula is C13H19N5O2S. The van der Waals surface area contributed by atoms with Gasteiger partial charge in [-0.1, -0.05) is 0 Å². The van der Waals surface area contributed by atoms with Crippen molar-refractivity contribution in [1.82, 2.24) is 25.1 Å². The number of aryl methyl sites for hydroxylation is 2. The first kappa shape index (κ1) is 15.6. The molecule has 0 bridgehead atoms. The van der Waals surface area contributed by atoms with Gasteiger partial charge in [0.15, 0.2) is 5.82 Å². The summed E-state index contributed by atoms with van der Waals surface area (Å²) in [6.07, 6.45) is 1.64. The van der Waals surface area contributed by atoms with E-state index in [2.05, 4.69) is 20.5 Å². The standard InChI is InChI=1S/C13H19N5O2S/c1-8-11(21-10(3)15-8)13(19)16-9(2)12-17-14-7-18(12)5-6-20-4/h7,9H,5-6H2,1-4H3,(H,16,19)/t9-/m0/s1. The summed E-state index contributed by atoms with van der Waals surface area (Å²) < 4.78 is 6.92. The minimum Gasteiger partial charge on any atom is -0.383 e. The van der Waals surface area contributed by atoms with Crippen LogP contribution in [0.2, 0.25) is 0 Å². The van der Waals surface area contributed by atoms with E-state index in [0.29, 0.717) is 23.9 Å². The molecule has 0 aromatic carbocycles. The Hall–Kier alpha value is -1.80. The second-order valence-corrected chi connectivity index (χ2v) is 5.92. The third-order valence-corrected chi connectivity index (χ3v) is 4.10. The maximum Gasteiger partial charge on any atom is 0.263 e. The summed E-state index contributed by atoms with van der Waals surface area (Å²) >= 11 is 1.39. The minimum atomic E-state index is -0.237. The molecule has 0 unspecified atom stereocenters. The van der Waals surface area contributed by atoms with Crippen molar-refractivity contribution in [1.29, 1.82) is 0 Å². The highest BCUT2D eigenvalue weighted by molar-refractivity contribution is 7.13. The fraction of sp³-hybridized carbons (Fsp3) is 0.538. The van der Waals surface area contributed by atoms with Crippen LogP contribution in [0.4, 0.5) is 0 Å². The molecule has 7 nitrogen and oxygen atoms in total. The highest BCUT2D eigenvalue weighted by Crippen LogP contribution is 2.18. The lowest BCUT2D eigenvalue weighted by Gasteiger charge is -2.14. The van der Waals surface area contributed by atoms with Gasteiger partial charge in [0.25, 0.3) is 5.91 Å². The summed E-state index contributed by atoms with van der Waals surface area (Å²) in [5.41, 5.74) is 0.753. The van der Waals surface area contributed by atoms with E-state index in [0.717, 1.165) is 10.7 Å². The number of carbonyl (C=O) groups is 1. The van der Waals surface area contributed by atoms with Gasteiger partial charge in [-0.2, -0.15) is 0 Å². The molecule has 0 spiro atoms. The number of methoxy groups -OCH3 is 1. The minimum absolute atomic E-state index is 0.133. The lowest BCUT2D eigenvalue weighted by molar-refractivity contribution is 0.0940. The van der Waals surface area contributed by atoms with Crippen LogP contribution < -0.4 is 5.32 Å². The van der Waals surface area contributed by atoms with Crippen LogP contribution in [0.25, 0.3) is 0 Å². The van der Waals surface area contributed by atoms with Gasteiger partial charge in [-0.15, -0.1) is 21.5 Å². The number of hydrogen-bond donors (Lipinski definition) is 1. The van der Waals surface area contributed by atoms with Crippen LogP contribution in [0.5, 0.6) is 0 Å². The second-order valence-electron chi connectivity index (χ2n) is 4.72. The van der Waals surface area contributed by atoms with Crippen molar-refractivity contribution in [2.24, 2.45) is 0 Å². The number of ether oxygens (including phenoxy) is 1. The molecule has 2 aromatic heterocycles. The molecule has 1 amide bonds. The highest BCUT2D eigenvalue weighted by Gasteiger charge is 2.19. The Kier molecular flexibility index (Phi) is 5.03. The first-order valence-corrected chi connectivity index (χ1v) is 7.46. The molecular weight excluding hydrogens is 290 g/mol. The molecule has 2 heterocycles. The van der Waals surface area contributed by atoms with Crippen LogP contribution in [0, 0.1) is 13.8 Å². The van der Waals surface area contributed by atoms with Crippen molar-refractivity contribution >= 4 is 17.2 Å². The van der Waals surface area contributed by atoms with Crippen LogP contribution in [-0.4, -0.2) is 39.4 Å². The molecule has 2 rings (SSSR count). The average molecular weight is 309 g/mol. The molecule has 0 fully saturated rings. The van der Waals surface area contributed by atoms with Gasteiger partial charge in [-0.3, -0.25) is 4.79 Å². The molecule has 114 valence electrons. The molecule has 0 saturated heterocycles. The molecule has 0 aliphatic carbocycles. The largest absolute Gasteiger partial charge is 0.383 e. The van der Waals surface area contributed by atoms with Crippen LogP contribution >= 0.6 is 11.3 Å². The van der Waals surface area contributed by atoms with Crippen molar-refractivity contribution in [3.05, 3.63) is 27.7 Å². The van der Waals surface area contributed by atoms with Gasteiger partial charge in [0.05, 0.1) is 23.4 Å². The SMILES string of the molecule is COCCn1cnnc1[C@H](C)NC(=O)c1sc(C)nc1C. The van der Waals surface area contributed by atoms with Gasteiger partial charge >= 0.3 is 0 Å². The van der Waals surface area contributed by atoms with Crippen LogP contribution in [0.15, 0.2) is 6.33 Å². The third-order valence-electron chi connectivity index (χ3n) is 3.03. The maximum absolute atomic E-state index is 12.3. The van der Waals surface area contributed by atoms with E-state index < -0.39 is 0 Å². The van der Waals surface area contributed by atoms with Gasteiger partial charge in [0.1, 0.15) is 11.2 Å². The summed E-state index contributed by atoms with van der Waals surface area (Å²) in [4.78, 5) is 17.2. The Bertz CT molecular complexity index is 622. The van der Waals surface area contributed by atoms with E-state index >= 15 is 0 Å². The van der Waals surface area contributed by atoms with Gasteiger partial charge in [0.2, 0.25) is 0 Å². The normalized spacial score (nSPS) is 12.4. The van der Waals surface area contributed by atoms with E-state index in [1.165, 1.54) is 11.3 Å². The third kappa shape index (κ3) is 3.64. The topological polar surface area (TPSA) is 81.9 Å². The van der Waals surface area contributed by atoms with Crippen LogP contribution in [0.1, 0.15) is 39.2 Å². The number of thiazole rings is 1. The zero-order valence-electron chi connectivity index (χ0n) is 12.6. The number of hydrogen-bond acceptors (Lipinski definition) is 6. The van der Waals surface area contributed by atoms with Gasteiger partial charge in [-0.25, -0.2) is 4.98 Å². The molecule has 0 aliphatic rings. The molecule has 0 saturated carbocycles. The van der Waals surface area contributed by atoms with E-state index in [1.54, 1.807) is 13.4 Å². The molecule has 1 atom stereocenters. The smallest absolute Gasteiger partial charge is 0.263 e. The first-order chi connectivity index (χ1) is 10.0. The second kappa shape index (κ2) is 6.77. The molecule has 8 heteroatoms. The number of aromatic nitrogens is 4. The molecule has 1 N–H and O–H groups in total. The maximum atomic E-state index is 12.3. The summed E-state index contributed by atoms with van der Waals surface area (Å²) in [7, 11) is 1.64. The quantitative estimate of drug-likeness (QED) is 0.874. The Morgan fingerprint density at radius 1 is 1.52 bits per heavy atom. The molecule has 21 heavy (non-hydrogen) atoms. The fourth-order valence-corrected chi connectivity index (χ4v) is 2.85. The predicted octanol–water partition coefficient (Wildman–Crippen LogP) is 1.49. The first-order valence-electron chi connectivity index (χ1n) is 6.64. The summed E-state index contributed by atoms with van der Waals surface area (Å²) in [6, 6.07) is -0.237. The van der Waals surface area contributed by atoms with Gasteiger partial charge in [0, 0.05) is 13.7 Å². The summed E-state index contributed by atoms with van der Waals surface area (Å²) in [5.74, 6) is 0.575. The van der Waals surface area contributed by atoms with Crippen LogP contribution in [0.3, 0.4) is 0 Å². The van der Waals surface area contributed by atoms with Gasteiger partial charge < -0.3 is 14.6 Å². The Morgan fingerprint density at radius 2 is 2.29 bits per heavy atom. The highest BCUT2D eigenvalue weighted by atomic mass is 32.1.